The number of carbonyl (C=O) groups is 1. The fourth-order valence-electron chi connectivity index (χ4n) is 1.27. The second-order valence-electron chi connectivity index (χ2n) is 3.36. The number of thiophene rings is 1. The first-order chi connectivity index (χ1) is 7.33. The van der Waals surface area contributed by atoms with E-state index in [4.69, 9.17) is 5.11 Å². The highest BCUT2D eigenvalue weighted by atomic mass is 32.1. The summed E-state index contributed by atoms with van der Waals surface area (Å²) in [6.45, 7) is 0.712. The quantitative estimate of drug-likeness (QED) is 0.695. The van der Waals surface area contributed by atoms with Crippen molar-refractivity contribution in [3.05, 3.63) is 22.4 Å². The Morgan fingerprint density at radius 2 is 2.33 bits per heavy atom. The van der Waals surface area contributed by atoms with Gasteiger partial charge in [-0.3, -0.25) is 4.79 Å². The Bertz CT molecular complexity index is 272. The summed E-state index contributed by atoms with van der Waals surface area (Å²) in [6, 6.07) is 4.12. The molecule has 2 N–H and O–H groups in total. The van der Waals surface area contributed by atoms with Gasteiger partial charge >= 0.3 is 0 Å². The molecule has 1 amide bonds. The van der Waals surface area contributed by atoms with Gasteiger partial charge in [0.1, 0.15) is 0 Å². The Balaban J connectivity index is 2.02. The minimum Gasteiger partial charge on any atom is -0.396 e. The number of aryl methyl sites for hydroxylation is 1. The molecular weight excluding hydrogens is 210 g/mol. The van der Waals surface area contributed by atoms with Crippen LogP contribution in [0.15, 0.2) is 17.5 Å². The highest BCUT2D eigenvalue weighted by molar-refractivity contribution is 7.09. The summed E-state index contributed by atoms with van der Waals surface area (Å²) in [6.07, 6.45) is 3.08. The van der Waals surface area contributed by atoms with Gasteiger partial charge in [0, 0.05) is 24.4 Å². The van der Waals surface area contributed by atoms with E-state index in [2.05, 4.69) is 16.8 Å². The monoisotopic (exact) mass is 227 g/mol. The predicted molar refractivity (Wildman–Crippen MR) is 62.0 cm³/mol. The van der Waals surface area contributed by atoms with Crippen LogP contribution >= 0.6 is 11.3 Å². The van der Waals surface area contributed by atoms with Crippen LogP contribution in [-0.2, 0) is 11.2 Å². The summed E-state index contributed by atoms with van der Waals surface area (Å²) in [7, 11) is 0. The summed E-state index contributed by atoms with van der Waals surface area (Å²) in [5.74, 6) is 0.0833. The minimum atomic E-state index is 0.0833. The van der Waals surface area contributed by atoms with Crippen molar-refractivity contribution in [3.63, 3.8) is 0 Å². The van der Waals surface area contributed by atoms with Crippen LogP contribution in [0, 0.1) is 0 Å². The molecule has 0 spiro atoms. The van der Waals surface area contributed by atoms with Crippen molar-refractivity contribution in [2.75, 3.05) is 13.2 Å². The maximum absolute atomic E-state index is 11.3. The van der Waals surface area contributed by atoms with Gasteiger partial charge in [0.2, 0.25) is 5.91 Å². The number of hydrogen-bond donors (Lipinski definition) is 2. The van der Waals surface area contributed by atoms with Crippen molar-refractivity contribution in [1.29, 1.82) is 0 Å². The Morgan fingerprint density at radius 3 is 3.00 bits per heavy atom. The Kier molecular flexibility index (Phi) is 6.04. The number of aliphatic hydroxyl groups excluding tert-OH is 1. The third kappa shape index (κ3) is 5.54. The first-order valence-corrected chi connectivity index (χ1v) is 6.11. The summed E-state index contributed by atoms with van der Waals surface area (Å²) >= 11 is 1.73. The molecule has 0 atom stereocenters. The van der Waals surface area contributed by atoms with Crippen LogP contribution in [-0.4, -0.2) is 24.2 Å². The fourth-order valence-corrected chi connectivity index (χ4v) is 2.02. The molecule has 1 heterocycles. The maximum atomic E-state index is 11.3. The number of aliphatic hydroxyl groups is 1. The zero-order valence-corrected chi connectivity index (χ0v) is 9.55. The number of nitrogens with one attached hydrogen (secondary N) is 1. The average molecular weight is 227 g/mol. The van der Waals surface area contributed by atoms with Gasteiger partial charge in [-0.25, -0.2) is 0 Å². The Labute approximate surface area is 94.1 Å². The zero-order chi connectivity index (χ0) is 10.9. The van der Waals surface area contributed by atoms with Gasteiger partial charge in [0.15, 0.2) is 0 Å². The number of hydrogen-bond acceptors (Lipinski definition) is 3. The molecule has 0 fully saturated rings. The molecule has 15 heavy (non-hydrogen) atoms. The summed E-state index contributed by atoms with van der Waals surface area (Å²) < 4.78 is 0. The molecule has 0 saturated heterocycles. The van der Waals surface area contributed by atoms with E-state index in [9.17, 15) is 4.79 Å². The van der Waals surface area contributed by atoms with Crippen molar-refractivity contribution in [3.8, 4) is 0 Å². The molecule has 1 rings (SSSR count). The lowest BCUT2D eigenvalue weighted by Gasteiger charge is -2.02. The maximum Gasteiger partial charge on any atom is 0.220 e. The molecule has 1 aromatic heterocycles. The first-order valence-electron chi connectivity index (χ1n) is 5.23. The van der Waals surface area contributed by atoms with E-state index in [0.717, 1.165) is 12.8 Å². The van der Waals surface area contributed by atoms with E-state index >= 15 is 0 Å². The van der Waals surface area contributed by atoms with Gasteiger partial charge < -0.3 is 10.4 Å². The van der Waals surface area contributed by atoms with Crippen LogP contribution < -0.4 is 5.32 Å². The van der Waals surface area contributed by atoms with Crippen LogP contribution in [0.5, 0.6) is 0 Å². The molecule has 0 aromatic carbocycles. The minimum absolute atomic E-state index is 0.0833. The molecule has 0 bridgehead atoms. The van der Waals surface area contributed by atoms with Gasteiger partial charge in [-0.1, -0.05) is 6.07 Å². The van der Waals surface area contributed by atoms with Gasteiger partial charge in [-0.05, 0) is 30.7 Å². The molecular formula is C11H17NO2S. The smallest absolute Gasteiger partial charge is 0.220 e. The molecule has 0 aliphatic rings. The molecule has 0 unspecified atom stereocenters. The average Bonchev–Trinajstić information content (AvgIpc) is 2.71. The predicted octanol–water partition coefficient (Wildman–Crippen LogP) is 1.57. The van der Waals surface area contributed by atoms with Crippen molar-refractivity contribution >= 4 is 17.2 Å². The third-order valence-electron chi connectivity index (χ3n) is 2.06. The molecule has 0 radical (unpaired) electrons. The SMILES string of the molecule is O=C(CCCc1cccs1)NCCCO. The van der Waals surface area contributed by atoms with E-state index in [0.29, 0.717) is 19.4 Å². The second kappa shape index (κ2) is 7.43. The topological polar surface area (TPSA) is 49.3 Å². The number of rotatable bonds is 7. The van der Waals surface area contributed by atoms with Crippen LogP contribution in [0.4, 0.5) is 0 Å². The lowest BCUT2D eigenvalue weighted by molar-refractivity contribution is -0.121. The van der Waals surface area contributed by atoms with Gasteiger partial charge in [-0.15, -0.1) is 11.3 Å². The van der Waals surface area contributed by atoms with Crippen molar-refractivity contribution < 1.29 is 9.90 Å². The number of amides is 1. The van der Waals surface area contributed by atoms with Crippen molar-refractivity contribution in [2.45, 2.75) is 25.7 Å². The first kappa shape index (κ1) is 12.2. The van der Waals surface area contributed by atoms with Gasteiger partial charge in [0.05, 0.1) is 0 Å². The van der Waals surface area contributed by atoms with Crippen LogP contribution in [0.2, 0.25) is 0 Å². The van der Waals surface area contributed by atoms with E-state index in [-0.39, 0.29) is 12.5 Å². The normalized spacial score (nSPS) is 10.2. The zero-order valence-electron chi connectivity index (χ0n) is 8.74. The molecule has 0 saturated carbocycles. The van der Waals surface area contributed by atoms with E-state index in [1.165, 1.54) is 4.88 Å². The van der Waals surface area contributed by atoms with Gasteiger partial charge in [0.25, 0.3) is 0 Å². The molecule has 4 heteroatoms. The largest absolute Gasteiger partial charge is 0.396 e. The van der Waals surface area contributed by atoms with Crippen LogP contribution in [0.1, 0.15) is 24.1 Å². The summed E-state index contributed by atoms with van der Waals surface area (Å²) in [5.41, 5.74) is 0. The third-order valence-corrected chi connectivity index (χ3v) is 3.00. The molecule has 0 aliphatic heterocycles. The lowest BCUT2D eigenvalue weighted by Crippen LogP contribution is -2.24. The number of carbonyl (C=O) groups excluding carboxylic acids is 1. The van der Waals surface area contributed by atoms with Crippen LogP contribution in [0.3, 0.4) is 0 Å². The van der Waals surface area contributed by atoms with E-state index in [1.54, 1.807) is 11.3 Å². The molecule has 3 nitrogen and oxygen atoms in total. The Hall–Kier alpha value is -0.870. The standard InChI is InChI=1S/C11H17NO2S/c13-8-3-7-12-11(14)6-1-4-10-5-2-9-15-10/h2,5,9,13H,1,3-4,6-8H2,(H,12,14). The highest BCUT2D eigenvalue weighted by Gasteiger charge is 2.00. The lowest BCUT2D eigenvalue weighted by atomic mass is 10.2. The van der Waals surface area contributed by atoms with E-state index < -0.39 is 0 Å². The second-order valence-corrected chi connectivity index (χ2v) is 4.39. The molecule has 1 aromatic rings. The van der Waals surface area contributed by atoms with Crippen molar-refractivity contribution in [1.82, 2.24) is 5.32 Å². The summed E-state index contributed by atoms with van der Waals surface area (Å²) in [5, 5.41) is 13.4. The fraction of sp³-hybridized carbons (Fsp3) is 0.545. The summed E-state index contributed by atoms with van der Waals surface area (Å²) in [4.78, 5) is 12.6. The van der Waals surface area contributed by atoms with Crippen molar-refractivity contribution in [2.24, 2.45) is 0 Å². The van der Waals surface area contributed by atoms with E-state index in [1.807, 2.05) is 6.07 Å². The van der Waals surface area contributed by atoms with Gasteiger partial charge in [-0.2, -0.15) is 0 Å². The molecule has 0 aliphatic carbocycles. The Morgan fingerprint density at radius 1 is 1.47 bits per heavy atom. The van der Waals surface area contributed by atoms with Crippen LogP contribution in [0.25, 0.3) is 0 Å². The molecule has 84 valence electrons. The highest BCUT2D eigenvalue weighted by Crippen LogP contribution is 2.11.